The van der Waals surface area contributed by atoms with Gasteiger partial charge in [0, 0.05) is 30.8 Å². The maximum absolute atomic E-state index is 13.6. The van der Waals surface area contributed by atoms with Crippen LogP contribution in [0.5, 0.6) is 0 Å². The fraction of sp³-hybridized carbons (Fsp3) is 0.444. The lowest BCUT2D eigenvalue weighted by atomic mass is 9.94. The Labute approximate surface area is 218 Å². The highest BCUT2D eigenvalue weighted by Gasteiger charge is 2.31. The molecule has 0 saturated carbocycles. The van der Waals surface area contributed by atoms with Crippen LogP contribution in [0.15, 0.2) is 52.9 Å². The third kappa shape index (κ3) is 6.02. The molecule has 0 spiro atoms. The van der Waals surface area contributed by atoms with E-state index >= 15 is 0 Å². The van der Waals surface area contributed by atoms with Crippen LogP contribution >= 0.6 is 0 Å². The summed E-state index contributed by atoms with van der Waals surface area (Å²) >= 11 is 0. The van der Waals surface area contributed by atoms with Gasteiger partial charge in [0.05, 0.1) is 17.5 Å². The molecule has 1 aliphatic heterocycles. The molecule has 1 fully saturated rings. The van der Waals surface area contributed by atoms with Gasteiger partial charge in [-0.25, -0.2) is 8.42 Å². The van der Waals surface area contributed by atoms with Crippen molar-refractivity contribution in [3.05, 3.63) is 65.5 Å². The number of anilines is 1. The number of carbonyl (C=O) groups excluding carboxylic acids is 1. The molecule has 1 amide bonds. The molecule has 0 aliphatic carbocycles. The number of amides is 1. The van der Waals surface area contributed by atoms with Gasteiger partial charge in [-0.15, -0.1) is 10.2 Å². The van der Waals surface area contributed by atoms with E-state index in [1.807, 2.05) is 42.2 Å². The summed E-state index contributed by atoms with van der Waals surface area (Å²) in [5.74, 6) is 0.293. The van der Waals surface area contributed by atoms with Crippen molar-refractivity contribution < 1.29 is 17.6 Å². The Morgan fingerprint density at radius 1 is 1.22 bits per heavy atom. The van der Waals surface area contributed by atoms with Gasteiger partial charge >= 0.3 is 0 Å². The van der Waals surface area contributed by atoms with Crippen LogP contribution in [0.2, 0.25) is 0 Å². The molecule has 198 valence electrons. The van der Waals surface area contributed by atoms with E-state index in [0.29, 0.717) is 29.8 Å². The van der Waals surface area contributed by atoms with Crippen molar-refractivity contribution in [1.29, 1.82) is 0 Å². The van der Waals surface area contributed by atoms with Gasteiger partial charge in [-0.05, 0) is 56.4 Å². The SMILES string of the molecule is CCCC1CCCN1C(=O)c1cc(-c2nnc([C@](C)(N)Cc3ccccc3)o2)cc(N(C)S(C)(=O)=O)c1. The van der Waals surface area contributed by atoms with E-state index in [4.69, 9.17) is 10.2 Å². The number of hydrogen-bond acceptors (Lipinski definition) is 7. The van der Waals surface area contributed by atoms with Gasteiger partial charge in [0.2, 0.25) is 21.8 Å². The highest BCUT2D eigenvalue weighted by molar-refractivity contribution is 7.92. The van der Waals surface area contributed by atoms with Crippen LogP contribution in [-0.2, 0) is 22.0 Å². The van der Waals surface area contributed by atoms with E-state index < -0.39 is 15.6 Å². The summed E-state index contributed by atoms with van der Waals surface area (Å²) in [5.41, 5.74) is 7.84. The Hall–Kier alpha value is -3.24. The minimum Gasteiger partial charge on any atom is -0.419 e. The van der Waals surface area contributed by atoms with Gasteiger partial charge < -0.3 is 15.1 Å². The third-order valence-electron chi connectivity index (χ3n) is 6.86. The summed E-state index contributed by atoms with van der Waals surface area (Å²) in [6.07, 6.45) is 5.46. The van der Waals surface area contributed by atoms with E-state index in [1.165, 1.54) is 7.05 Å². The zero-order valence-electron chi connectivity index (χ0n) is 21.8. The van der Waals surface area contributed by atoms with E-state index in [9.17, 15) is 13.2 Å². The molecule has 9 nitrogen and oxygen atoms in total. The quantitative estimate of drug-likeness (QED) is 0.449. The molecule has 2 atom stereocenters. The molecule has 0 radical (unpaired) electrons. The predicted octanol–water partition coefficient (Wildman–Crippen LogP) is 3.95. The molecule has 1 unspecified atom stereocenters. The maximum atomic E-state index is 13.6. The molecule has 4 rings (SSSR count). The first-order valence-electron chi connectivity index (χ1n) is 12.6. The largest absolute Gasteiger partial charge is 0.419 e. The highest BCUT2D eigenvalue weighted by Crippen LogP contribution is 2.31. The van der Waals surface area contributed by atoms with E-state index in [2.05, 4.69) is 17.1 Å². The number of hydrogen-bond donors (Lipinski definition) is 1. The number of nitrogens with zero attached hydrogens (tertiary/aromatic N) is 4. The number of likely N-dealkylation sites (tertiary alicyclic amines) is 1. The van der Waals surface area contributed by atoms with Crippen LogP contribution in [-0.4, -0.2) is 55.3 Å². The predicted molar refractivity (Wildman–Crippen MR) is 144 cm³/mol. The molecule has 2 heterocycles. The van der Waals surface area contributed by atoms with Gasteiger partial charge in [-0.1, -0.05) is 43.7 Å². The minimum atomic E-state index is -3.57. The maximum Gasteiger partial charge on any atom is 0.254 e. The first kappa shape index (κ1) is 26.8. The lowest BCUT2D eigenvalue weighted by Gasteiger charge is -2.25. The van der Waals surface area contributed by atoms with Crippen molar-refractivity contribution in [2.45, 2.75) is 57.5 Å². The molecule has 3 aromatic rings. The monoisotopic (exact) mass is 525 g/mol. The van der Waals surface area contributed by atoms with Crippen molar-refractivity contribution in [3.63, 3.8) is 0 Å². The summed E-state index contributed by atoms with van der Waals surface area (Å²) in [7, 11) is -2.11. The molecule has 37 heavy (non-hydrogen) atoms. The first-order chi connectivity index (χ1) is 17.5. The van der Waals surface area contributed by atoms with Gasteiger partial charge in [0.25, 0.3) is 5.91 Å². The number of sulfonamides is 1. The first-order valence-corrected chi connectivity index (χ1v) is 14.4. The molecule has 10 heteroatoms. The zero-order chi connectivity index (χ0) is 26.8. The number of carbonyl (C=O) groups is 1. The second-order valence-electron chi connectivity index (χ2n) is 10.1. The van der Waals surface area contributed by atoms with E-state index in [-0.39, 0.29) is 23.7 Å². The molecule has 1 aromatic heterocycles. The summed E-state index contributed by atoms with van der Waals surface area (Å²) in [5, 5.41) is 8.41. The number of benzene rings is 2. The molecule has 0 bridgehead atoms. The average Bonchev–Trinajstić information content (AvgIpc) is 3.53. The molecule has 2 aromatic carbocycles. The minimum absolute atomic E-state index is 0.131. The standard InChI is InChI=1S/C27H35N5O4S/c1-5-10-22-13-9-14-32(22)25(33)21-15-20(16-23(17-21)31(3)37(4,34)35)24-29-30-26(36-24)27(2,28)18-19-11-7-6-8-12-19/h6-8,11-12,15-17,22H,5,9-10,13-14,18,28H2,1-4H3/t22?,27-/m1/s1. The normalized spacial score (nSPS) is 17.5. The summed E-state index contributed by atoms with van der Waals surface area (Å²) in [6.45, 7) is 4.61. The summed E-state index contributed by atoms with van der Waals surface area (Å²) in [6, 6.07) is 14.9. The van der Waals surface area contributed by atoms with Crippen LogP contribution in [0, 0.1) is 0 Å². The van der Waals surface area contributed by atoms with Crippen LogP contribution < -0.4 is 10.0 Å². The van der Waals surface area contributed by atoms with Crippen LogP contribution in [0.1, 0.15) is 61.3 Å². The van der Waals surface area contributed by atoms with Gasteiger partial charge in [0.15, 0.2) is 0 Å². The number of nitrogens with two attached hydrogens (primary N) is 1. The van der Waals surface area contributed by atoms with Crippen molar-refractivity contribution in [2.24, 2.45) is 5.73 Å². The fourth-order valence-electron chi connectivity index (χ4n) is 4.80. The van der Waals surface area contributed by atoms with Gasteiger partial charge in [-0.2, -0.15) is 0 Å². The molecule has 1 saturated heterocycles. The average molecular weight is 526 g/mol. The molecule has 1 aliphatic rings. The van der Waals surface area contributed by atoms with Gasteiger partial charge in [0.1, 0.15) is 0 Å². The smallest absolute Gasteiger partial charge is 0.254 e. The highest BCUT2D eigenvalue weighted by atomic mass is 32.2. The van der Waals surface area contributed by atoms with E-state index in [1.54, 1.807) is 18.2 Å². The molecular formula is C27H35N5O4S. The van der Waals surface area contributed by atoms with Crippen molar-refractivity contribution in [3.8, 4) is 11.5 Å². The second kappa shape index (κ2) is 10.6. The number of rotatable bonds is 9. The lowest BCUT2D eigenvalue weighted by molar-refractivity contribution is 0.0730. The molecule has 2 N–H and O–H groups in total. The van der Waals surface area contributed by atoms with Crippen LogP contribution in [0.25, 0.3) is 11.5 Å². The Morgan fingerprint density at radius 2 is 1.95 bits per heavy atom. The Kier molecular flexibility index (Phi) is 7.70. The topological polar surface area (TPSA) is 123 Å². The van der Waals surface area contributed by atoms with Crippen LogP contribution in [0.3, 0.4) is 0 Å². The second-order valence-corrected chi connectivity index (χ2v) is 12.1. The number of aromatic nitrogens is 2. The van der Waals surface area contributed by atoms with Gasteiger partial charge in [-0.3, -0.25) is 9.10 Å². The fourth-order valence-corrected chi connectivity index (χ4v) is 5.29. The Morgan fingerprint density at radius 3 is 2.62 bits per heavy atom. The van der Waals surface area contributed by atoms with Crippen molar-refractivity contribution in [2.75, 3.05) is 24.2 Å². The third-order valence-corrected chi connectivity index (χ3v) is 8.07. The summed E-state index contributed by atoms with van der Waals surface area (Å²) in [4.78, 5) is 15.5. The molecular weight excluding hydrogens is 490 g/mol. The van der Waals surface area contributed by atoms with Crippen LogP contribution in [0.4, 0.5) is 5.69 Å². The van der Waals surface area contributed by atoms with E-state index in [0.717, 1.165) is 41.8 Å². The Bertz CT molecular complexity index is 1350. The summed E-state index contributed by atoms with van der Waals surface area (Å²) < 4.78 is 31.8. The lowest BCUT2D eigenvalue weighted by Crippen LogP contribution is -2.36. The van der Waals surface area contributed by atoms with Crippen molar-refractivity contribution >= 4 is 21.6 Å². The Balaban J connectivity index is 1.71. The zero-order valence-corrected chi connectivity index (χ0v) is 22.7. The van der Waals surface area contributed by atoms with Crippen molar-refractivity contribution in [1.82, 2.24) is 15.1 Å².